The van der Waals surface area contributed by atoms with Crippen LogP contribution in [0.15, 0.2) is 54.6 Å². The van der Waals surface area contributed by atoms with E-state index in [1.54, 1.807) is 76.2 Å². The van der Waals surface area contributed by atoms with Crippen molar-refractivity contribution >= 4 is 53.4 Å². The number of fused-ring (bicyclic) bond motifs is 1. The van der Waals surface area contributed by atoms with Crippen molar-refractivity contribution in [2.24, 2.45) is 29.6 Å². The van der Waals surface area contributed by atoms with Crippen LogP contribution in [0.25, 0.3) is 0 Å². The van der Waals surface area contributed by atoms with Crippen molar-refractivity contribution in [3.05, 3.63) is 65.7 Å². The number of amides is 6. The van der Waals surface area contributed by atoms with Crippen LogP contribution >= 0.6 is 0 Å². The quantitative estimate of drug-likeness (QED) is 0.107. The molecule has 0 bridgehead atoms. The van der Waals surface area contributed by atoms with Crippen LogP contribution in [-0.4, -0.2) is 155 Å². The number of ketones is 1. The molecule has 20 nitrogen and oxygen atoms in total. The molecule has 426 valence electrons. The van der Waals surface area contributed by atoms with Crippen LogP contribution in [0, 0.1) is 29.6 Å². The molecular weight excluding hydrogens is 993 g/mol. The molecule has 4 rings (SSSR count). The van der Waals surface area contributed by atoms with Gasteiger partial charge in [0.15, 0.2) is 11.9 Å². The highest BCUT2D eigenvalue weighted by Crippen LogP contribution is 2.26. The van der Waals surface area contributed by atoms with Crippen LogP contribution in [0.4, 0.5) is 4.79 Å². The van der Waals surface area contributed by atoms with E-state index in [0.29, 0.717) is 29.7 Å². The number of hydrogen-bond acceptors (Lipinski definition) is 14. The lowest BCUT2D eigenvalue weighted by molar-refractivity contribution is -0.163. The van der Waals surface area contributed by atoms with Crippen LogP contribution in [0.5, 0.6) is 5.75 Å². The molecule has 6 amide bonds. The maximum Gasteiger partial charge on any atom is 0.410 e. The first-order chi connectivity index (χ1) is 36.3. The number of nitrogens with one attached hydrogen (secondary N) is 3. The van der Waals surface area contributed by atoms with E-state index in [4.69, 9.17) is 18.9 Å². The highest BCUT2D eigenvalue weighted by atomic mass is 16.6. The molecule has 0 saturated carbocycles. The fourth-order valence-corrected chi connectivity index (χ4v) is 9.55. The van der Waals surface area contributed by atoms with E-state index in [1.165, 1.54) is 44.9 Å². The molecule has 4 N–H and O–H groups in total. The van der Waals surface area contributed by atoms with Gasteiger partial charge in [-0.15, -0.1) is 0 Å². The molecule has 1 unspecified atom stereocenters. The molecule has 77 heavy (non-hydrogen) atoms. The van der Waals surface area contributed by atoms with Gasteiger partial charge in [0.2, 0.25) is 29.5 Å². The Morgan fingerprint density at radius 1 is 0.857 bits per heavy atom. The lowest BCUT2D eigenvalue weighted by atomic mass is 9.91. The number of benzene rings is 2. The predicted molar refractivity (Wildman–Crippen MR) is 285 cm³/mol. The number of aliphatic hydroxyl groups excluding tert-OH is 1. The molecule has 0 aliphatic carbocycles. The molecule has 2 heterocycles. The van der Waals surface area contributed by atoms with Crippen molar-refractivity contribution in [1.29, 1.82) is 0 Å². The smallest absolute Gasteiger partial charge is 0.410 e. The van der Waals surface area contributed by atoms with Crippen molar-refractivity contribution in [1.82, 2.24) is 30.7 Å². The second-order valence-corrected chi connectivity index (χ2v) is 21.8. The number of hydrogen-bond donors (Lipinski definition) is 4. The minimum atomic E-state index is -1.72. The van der Waals surface area contributed by atoms with Gasteiger partial charge in [-0.1, -0.05) is 104 Å². The number of likely N-dealkylation sites (N-methyl/N-ethyl adjacent to an activating group) is 2. The number of methoxy groups -OCH3 is 1. The van der Waals surface area contributed by atoms with Crippen LogP contribution in [-0.2, 0) is 65.6 Å². The van der Waals surface area contributed by atoms with Gasteiger partial charge in [0.1, 0.15) is 48.7 Å². The van der Waals surface area contributed by atoms with Gasteiger partial charge >= 0.3 is 18.0 Å². The van der Waals surface area contributed by atoms with Gasteiger partial charge in [0, 0.05) is 27.1 Å². The number of cyclic esters (lactones) is 2. The van der Waals surface area contributed by atoms with Gasteiger partial charge in [-0.3, -0.25) is 38.5 Å². The van der Waals surface area contributed by atoms with E-state index >= 15 is 0 Å². The predicted octanol–water partition coefficient (Wildman–Crippen LogP) is 4.75. The maximum atomic E-state index is 14.9. The Morgan fingerprint density at radius 3 is 2.09 bits per heavy atom. The molecule has 2 fully saturated rings. The SMILES string of the molecule is CC[C@H](C)[C@H]1NC(=O)[C@@H](NC(=O)[C@@H](CC(C)C)N(C)C(=O)OCc2ccccc2)[C@@H](C)OC(=O)[C@H](Cc2ccc(OC)cc2)N(C)C(=O)C2CCCN2C(=O)[C@H](CC(C)C)NC(=O)[C@@H](C)C(=O)[C@H](C(C)C)OC(=O)C[C@@H]1O. The Labute approximate surface area is 454 Å². The summed E-state index contributed by atoms with van der Waals surface area (Å²) in [7, 11) is 4.30. The average Bonchev–Trinajstić information content (AvgIpc) is 3.89. The van der Waals surface area contributed by atoms with Crippen LogP contribution in [0.1, 0.15) is 119 Å². The third-order valence-electron chi connectivity index (χ3n) is 14.4. The van der Waals surface area contributed by atoms with E-state index in [0.717, 1.165) is 4.90 Å². The minimum Gasteiger partial charge on any atom is -0.497 e. The number of esters is 2. The van der Waals surface area contributed by atoms with Gasteiger partial charge in [0.25, 0.3) is 0 Å². The first-order valence-electron chi connectivity index (χ1n) is 27.0. The van der Waals surface area contributed by atoms with E-state index in [1.807, 2.05) is 33.8 Å². The molecule has 2 aliphatic rings. The van der Waals surface area contributed by atoms with Crippen LogP contribution in [0.2, 0.25) is 0 Å². The minimum absolute atomic E-state index is 0.0856. The van der Waals surface area contributed by atoms with Gasteiger partial charge in [-0.05, 0) is 86.5 Å². The molecular formula is C57H84N6O14. The molecule has 11 atom stereocenters. The summed E-state index contributed by atoms with van der Waals surface area (Å²) in [5.41, 5.74) is 1.30. The highest BCUT2D eigenvalue weighted by molar-refractivity contribution is 6.05. The molecule has 2 aromatic rings. The number of ether oxygens (including phenoxy) is 4. The summed E-state index contributed by atoms with van der Waals surface area (Å²) in [6.45, 7) is 17.0. The first kappa shape index (κ1) is 63.0. The van der Waals surface area contributed by atoms with Gasteiger partial charge in [-0.25, -0.2) is 9.59 Å². The first-order valence-corrected chi connectivity index (χ1v) is 27.0. The number of nitrogens with zero attached hydrogens (tertiary/aromatic N) is 3. The van der Waals surface area contributed by atoms with E-state index in [9.17, 15) is 48.3 Å². The zero-order valence-electron chi connectivity index (χ0n) is 47.2. The number of rotatable bonds is 15. The van der Waals surface area contributed by atoms with Crippen molar-refractivity contribution in [2.75, 3.05) is 27.7 Å². The van der Waals surface area contributed by atoms with Crippen molar-refractivity contribution in [2.45, 2.75) is 175 Å². The third kappa shape index (κ3) is 17.5. The summed E-state index contributed by atoms with van der Waals surface area (Å²) in [5.74, 6) is -8.77. The summed E-state index contributed by atoms with van der Waals surface area (Å²) in [4.78, 5) is 133. The molecule has 2 saturated heterocycles. The van der Waals surface area contributed by atoms with Gasteiger partial charge < -0.3 is 49.8 Å². The highest BCUT2D eigenvalue weighted by Gasteiger charge is 2.45. The second-order valence-electron chi connectivity index (χ2n) is 21.8. The van der Waals surface area contributed by atoms with Crippen molar-refractivity contribution < 1.29 is 67.2 Å². The normalized spacial score (nSPS) is 25.6. The average molecular weight is 1080 g/mol. The largest absolute Gasteiger partial charge is 0.497 e. The monoisotopic (exact) mass is 1080 g/mol. The summed E-state index contributed by atoms with van der Waals surface area (Å²) in [6.07, 6.45) is -4.96. The number of carbonyl (C=O) groups is 9. The summed E-state index contributed by atoms with van der Waals surface area (Å²) in [6, 6.07) is 7.97. The standard InChI is InChI=1S/C57H84N6O14/c1-14-35(8)47-45(64)30-46(65)77-50(34(6)7)49(66)36(9)51(67)58-41(27-32(2)3)54(70)63-26-18-21-42(63)55(71)61(11)44(29-38-22-24-40(74-13)25-23-38)56(72)76-37(10)48(53(69)59-47)60-52(68)43(28-33(4)5)62(12)57(73)75-31-39-19-16-15-17-20-39/h15-17,19-20,22-25,32-37,41-45,47-48,50,64H,14,18,21,26-31H2,1-13H3,(H,58,67)(H,59,69)(H,60,68)/t35-,36-,37+,41-,42?,43+,44-,45-,47+,48-,50-/m0/s1. The lowest BCUT2D eigenvalue weighted by Gasteiger charge is -2.36. The maximum absolute atomic E-state index is 14.9. The lowest BCUT2D eigenvalue weighted by Crippen LogP contribution is -2.61. The molecule has 0 radical (unpaired) electrons. The van der Waals surface area contributed by atoms with Crippen LogP contribution in [0.3, 0.4) is 0 Å². The zero-order chi connectivity index (χ0) is 57.4. The molecule has 0 spiro atoms. The van der Waals surface area contributed by atoms with Crippen molar-refractivity contribution in [3.8, 4) is 5.75 Å². The van der Waals surface area contributed by atoms with Crippen molar-refractivity contribution in [3.63, 3.8) is 0 Å². The van der Waals surface area contributed by atoms with Gasteiger partial charge in [-0.2, -0.15) is 0 Å². The third-order valence-corrected chi connectivity index (χ3v) is 14.4. The number of carbonyl (C=O) groups excluding carboxylic acids is 9. The molecule has 0 aromatic heterocycles. The number of aliphatic hydroxyl groups is 1. The summed E-state index contributed by atoms with van der Waals surface area (Å²) in [5, 5.41) is 20.1. The Morgan fingerprint density at radius 2 is 1.51 bits per heavy atom. The Balaban J connectivity index is 1.86. The van der Waals surface area contributed by atoms with Gasteiger partial charge in [0.05, 0.1) is 31.6 Å². The number of Topliss-reactive ketones (excluding diaryl/α,β-unsaturated/α-hetero) is 1. The Hall–Kier alpha value is -6.57. The van der Waals surface area contributed by atoms with E-state index in [2.05, 4.69) is 16.0 Å². The Bertz CT molecular complexity index is 2350. The zero-order valence-corrected chi connectivity index (χ0v) is 47.2. The van der Waals surface area contributed by atoms with E-state index in [-0.39, 0.29) is 50.7 Å². The van der Waals surface area contributed by atoms with Crippen LogP contribution < -0.4 is 20.7 Å². The van der Waals surface area contributed by atoms with E-state index < -0.39 is 132 Å². The fourth-order valence-electron chi connectivity index (χ4n) is 9.55. The molecule has 2 aliphatic heterocycles. The summed E-state index contributed by atoms with van der Waals surface area (Å²) < 4.78 is 22.8. The topological polar surface area (TPSA) is 257 Å². The molecule has 20 heteroatoms. The Kier molecular flexibility index (Phi) is 23.9. The molecule has 2 aromatic carbocycles. The second kappa shape index (κ2) is 29.2. The summed E-state index contributed by atoms with van der Waals surface area (Å²) >= 11 is 0. The fraction of sp³-hybridized carbons (Fsp3) is 0.632.